The summed E-state index contributed by atoms with van der Waals surface area (Å²) in [5, 5.41) is 23.4. The first-order valence-corrected chi connectivity index (χ1v) is 5.83. The first kappa shape index (κ1) is 14.2. The molecule has 0 aromatic heterocycles. The number of nitro benzene ring substituents is 1. The lowest BCUT2D eigenvalue weighted by Gasteiger charge is -2.11. The van der Waals surface area contributed by atoms with E-state index in [1.54, 1.807) is 18.2 Å². The molecule has 18 heavy (non-hydrogen) atoms. The number of methoxy groups -OCH3 is 1. The van der Waals surface area contributed by atoms with Gasteiger partial charge in [-0.1, -0.05) is 13.0 Å². The molecule has 6 nitrogen and oxygen atoms in total. The number of nitro groups is 1. The molecule has 0 saturated heterocycles. The van der Waals surface area contributed by atoms with E-state index in [4.69, 9.17) is 4.74 Å². The van der Waals surface area contributed by atoms with Crippen molar-refractivity contribution < 1.29 is 14.8 Å². The van der Waals surface area contributed by atoms with Gasteiger partial charge in [0.2, 0.25) is 0 Å². The molecule has 6 heteroatoms. The Bertz CT molecular complexity index is 409. The Hall–Kier alpha value is -1.82. The molecule has 0 radical (unpaired) electrons. The summed E-state index contributed by atoms with van der Waals surface area (Å²) in [6.45, 7) is 2.36. The van der Waals surface area contributed by atoms with E-state index in [0.29, 0.717) is 25.1 Å². The lowest BCUT2D eigenvalue weighted by Crippen LogP contribution is -2.13. The fourth-order valence-corrected chi connectivity index (χ4v) is 1.60. The molecule has 0 fully saturated rings. The second-order valence-electron chi connectivity index (χ2n) is 3.89. The van der Waals surface area contributed by atoms with Gasteiger partial charge in [-0.15, -0.1) is 0 Å². The van der Waals surface area contributed by atoms with Gasteiger partial charge in [-0.25, -0.2) is 0 Å². The van der Waals surface area contributed by atoms with Crippen LogP contribution in [0.2, 0.25) is 0 Å². The zero-order valence-electron chi connectivity index (χ0n) is 10.5. The molecule has 2 N–H and O–H groups in total. The summed E-state index contributed by atoms with van der Waals surface area (Å²) < 4.78 is 4.96. The molecule has 1 aromatic carbocycles. The van der Waals surface area contributed by atoms with E-state index in [-0.39, 0.29) is 17.5 Å². The molecule has 1 atom stereocenters. The van der Waals surface area contributed by atoms with Crippen molar-refractivity contribution in [3.63, 3.8) is 0 Å². The van der Waals surface area contributed by atoms with Crippen molar-refractivity contribution >= 4 is 11.4 Å². The van der Waals surface area contributed by atoms with Gasteiger partial charge >= 0.3 is 5.69 Å². The second kappa shape index (κ2) is 6.80. The minimum absolute atomic E-state index is 0.0778. The standard InChI is InChI=1S/C12H18N2O4/c1-3-9(15)7-8-13-10-5-4-6-11(18-2)12(10)14(16)17/h4-6,9,13,15H,3,7-8H2,1-2H3. The van der Waals surface area contributed by atoms with E-state index in [2.05, 4.69) is 5.32 Å². The van der Waals surface area contributed by atoms with E-state index in [9.17, 15) is 15.2 Å². The highest BCUT2D eigenvalue weighted by molar-refractivity contribution is 5.68. The summed E-state index contributed by atoms with van der Waals surface area (Å²) >= 11 is 0. The van der Waals surface area contributed by atoms with Crippen LogP contribution in [0.15, 0.2) is 18.2 Å². The van der Waals surface area contributed by atoms with Crippen LogP contribution in [0.4, 0.5) is 11.4 Å². The van der Waals surface area contributed by atoms with Crippen LogP contribution in [0.3, 0.4) is 0 Å². The Morgan fingerprint density at radius 1 is 1.56 bits per heavy atom. The molecule has 100 valence electrons. The number of hydrogen-bond donors (Lipinski definition) is 2. The lowest BCUT2D eigenvalue weighted by atomic mass is 10.2. The number of aliphatic hydroxyl groups excluding tert-OH is 1. The Morgan fingerprint density at radius 2 is 2.28 bits per heavy atom. The molecule has 0 aliphatic rings. The number of rotatable bonds is 7. The van der Waals surface area contributed by atoms with Gasteiger partial charge in [0, 0.05) is 6.54 Å². The quantitative estimate of drug-likeness (QED) is 0.575. The fourth-order valence-electron chi connectivity index (χ4n) is 1.60. The van der Waals surface area contributed by atoms with Crippen molar-refractivity contribution in [2.75, 3.05) is 19.0 Å². The molecular weight excluding hydrogens is 236 g/mol. The van der Waals surface area contributed by atoms with Gasteiger partial charge in [0.05, 0.1) is 18.1 Å². The topological polar surface area (TPSA) is 84.6 Å². The third-order valence-electron chi connectivity index (χ3n) is 2.67. The molecule has 0 heterocycles. The molecule has 0 saturated carbocycles. The molecule has 1 aromatic rings. The van der Waals surface area contributed by atoms with Crippen molar-refractivity contribution in [1.82, 2.24) is 0 Å². The van der Waals surface area contributed by atoms with E-state index in [0.717, 1.165) is 0 Å². The molecule has 1 unspecified atom stereocenters. The Kier molecular flexibility index (Phi) is 5.38. The maximum atomic E-state index is 11.0. The van der Waals surface area contributed by atoms with Crippen LogP contribution in [0.1, 0.15) is 19.8 Å². The van der Waals surface area contributed by atoms with Gasteiger partial charge in [-0.05, 0) is 25.0 Å². The number of hydrogen-bond acceptors (Lipinski definition) is 5. The van der Waals surface area contributed by atoms with Crippen LogP contribution in [-0.4, -0.2) is 29.8 Å². The summed E-state index contributed by atoms with van der Waals surface area (Å²) in [5.74, 6) is 0.223. The Balaban J connectivity index is 2.78. The van der Waals surface area contributed by atoms with Crippen LogP contribution in [0.5, 0.6) is 5.75 Å². The van der Waals surface area contributed by atoms with Crippen molar-refractivity contribution in [2.24, 2.45) is 0 Å². The largest absolute Gasteiger partial charge is 0.490 e. The van der Waals surface area contributed by atoms with Crippen LogP contribution >= 0.6 is 0 Å². The summed E-state index contributed by atoms with van der Waals surface area (Å²) in [6, 6.07) is 4.85. The Labute approximate surface area is 106 Å². The maximum absolute atomic E-state index is 11.0. The van der Waals surface area contributed by atoms with Gasteiger partial charge in [-0.3, -0.25) is 10.1 Å². The van der Waals surface area contributed by atoms with E-state index < -0.39 is 4.92 Å². The summed E-state index contributed by atoms with van der Waals surface area (Å²) in [6.07, 6.45) is 0.828. The first-order chi connectivity index (χ1) is 8.60. The summed E-state index contributed by atoms with van der Waals surface area (Å²) in [4.78, 5) is 10.5. The average Bonchev–Trinajstić information content (AvgIpc) is 2.37. The first-order valence-electron chi connectivity index (χ1n) is 5.83. The molecule has 0 spiro atoms. The van der Waals surface area contributed by atoms with Gasteiger partial charge in [-0.2, -0.15) is 0 Å². The highest BCUT2D eigenvalue weighted by Gasteiger charge is 2.20. The molecule has 0 aliphatic heterocycles. The molecular formula is C12H18N2O4. The van der Waals surface area contributed by atoms with Crippen LogP contribution in [-0.2, 0) is 0 Å². The third kappa shape index (κ3) is 3.59. The van der Waals surface area contributed by atoms with E-state index in [1.165, 1.54) is 7.11 Å². The average molecular weight is 254 g/mol. The minimum atomic E-state index is -0.475. The zero-order valence-corrected chi connectivity index (χ0v) is 10.5. The van der Waals surface area contributed by atoms with Gasteiger partial charge in [0.15, 0.2) is 5.75 Å². The van der Waals surface area contributed by atoms with Gasteiger partial charge in [0.25, 0.3) is 0 Å². The number of nitrogens with zero attached hydrogens (tertiary/aromatic N) is 1. The Morgan fingerprint density at radius 3 is 2.83 bits per heavy atom. The molecule has 0 bridgehead atoms. The van der Waals surface area contributed by atoms with E-state index >= 15 is 0 Å². The molecule has 0 aliphatic carbocycles. The predicted molar refractivity (Wildman–Crippen MR) is 69.1 cm³/mol. The van der Waals surface area contributed by atoms with Crippen molar-refractivity contribution in [2.45, 2.75) is 25.9 Å². The van der Waals surface area contributed by atoms with Crippen LogP contribution < -0.4 is 10.1 Å². The zero-order chi connectivity index (χ0) is 13.5. The minimum Gasteiger partial charge on any atom is -0.490 e. The normalized spacial score (nSPS) is 11.9. The number of benzene rings is 1. The predicted octanol–water partition coefficient (Wildman–Crippen LogP) is 2.18. The third-order valence-corrected chi connectivity index (χ3v) is 2.67. The van der Waals surface area contributed by atoms with Crippen molar-refractivity contribution in [3.8, 4) is 5.75 Å². The number of nitrogens with one attached hydrogen (secondary N) is 1. The number of para-hydroxylation sites is 1. The van der Waals surface area contributed by atoms with Gasteiger partial charge < -0.3 is 15.2 Å². The summed E-state index contributed by atoms with van der Waals surface area (Å²) in [5.41, 5.74) is 0.327. The number of aliphatic hydroxyl groups is 1. The number of ether oxygens (including phenoxy) is 1. The van der Waals surface area contributed by atoms with Crippen LogP contribution in [0, 0.1) is 10.1 Å². The maximum Gasteiger partial charge on any atom is 0.333 e. The highest BCUT2D eigenvalue weighted by atomic mass is 16.6. The summed E-state index contributed by atoms with van der Waals surface area (Å²) in [7, 11) is 1.40. The van der Waals surface area contributed by atoms with E-state index in [1.807, 2.05) is 6.92 Å². The molecule has 0 amide bonds. The smallest absolute Gasteiger partial charge is 0.333 e. The van der Waals surface area contributed by atoms with Crippen LogP contribution in [0.25, 0.3) is 0 Å². The lowest BCUT2D eigenvalue weighted by molar-refractivity contribution is -0.384. The van der Waals surface area contributed by atoms with Gasteiger partial charge in [0.1, 0.15) is 5.69 Å². The monoisotopic (exact) mass is 254 g/mol. The number of anilines is 1. The highest BCUT2D eigenvalue weighted by Crippen LogP contribution is 2.34. The second-order valence-corrected chi connectivity index (χ2v) is 3.89. The van der Waals surface area contributed by atoms with Crippen molar-refractivity contribution in [3.05, 3.63) is 28.3 Å². The SMILES string of the molecule is CCC(O)CCNc1cccc(OC)c1[N+](=O)[O-]. The van der Waals surface area contributed by atoms with Crippen molar-refractivity contribution in [1.29, 1.82) is 0 Å². The molecule has 1 rings (SSSR count). The fraction of sp³-hybridized carbons (Fsp3) is 0.500.